The Morgan fingerprint density at radius 2 is 2.15 bits per heavy atom. The molecule has 1 fully saturated rings. The number of nitrogens with two attached hydrogens (primary N) is 1. The number of fused-ring (bicyclic) bond motifs is 1. The van der Waals surface area contributed by atoms with E-state index >= 15 is 0 Å². The number of thiazole rings is 1. The largest absolute Gasteiger partial charge is 0.477 e. The first-order chi connectivity index (χ1) is 15.7. The van der Waals surface area contributed by atoms with Crippen molar-refractivity contribution in [2.75, 3.05) is 5.73 Å². The zero-order valence-corrected chi connectivity index (χ0v) is 19.5. The van der Waals surface area contributed by atoms with Gasteiger partial charge in [-0.25, -0.2) is 14.8 Å². The maximum absolute atomic E-state index is 12.8. The van der Waals surface area contributed by atoms with Gasteiger partial charge in [0, 0.05) is 16.0 Å². The number of pyridine rings is 1. The molecule has 2 aromatic rings. The molecule has 5 N–H and O–H groups in total. The molecule has 2 atom stereocenters. The number of aliphatic carboxylic acids is 1. The van der Waals surface area contributed by atoms with Crippen molar-refractivity contribution in [2.45, 2.75) is 29.8 Å². The van der Waals surface area contributed by atoms with E-state index in [0.717, 1.165) is 16.2 Å². The highest BCUT2D eigenvalue weighted by atomic mass is 35.5. The SMILES string of the molecule is Nc1nc(/C(=N/O)C(=O)N[C@@H]2C(=O)N3C(C(=O)O)=C(Sc4ccnc(Cl)c4)CCC23)c(Cl)s1. The Labute approximate surface area is 204 Å². The Bertz CT molecular complexity index is 1230. The Morgan fingerprint density at radius 1 is 1.39 bits per heavy atom. The maximum Gasteiger partial charge on any atom is 0.353 e. The summed E-state index contributed by atoms with van der Waals surface area (Å²) in [7, 11) is 0. The van der Waals surface area contributed by atoms with Crippen molar-refractivity contribution in [3.05, 3.63) is 44.1 Å². The van der Waals surface area contributed by atoms with Crippen LogP contribution >= 0.6 is 46.3 Å². The number of carbonyl (C=O) groups is 3. The van der Waals surface area contributed by atoms with Crippen LogP contribution < -0.4 is 11.1 Å². The van der Waals surface area contributed by atoms with Crippen molar-refractivity contribution in [1.29, 1.82) is 0 Å². The zero-order valence-electron chi connectivity index (χ0n) is 16.4. The van der Waals surface area contributed by atoms with E-state index in [1.807, 2.05) is 0 Å². The Kier molecular flexibility index (Phi) is 6.47. The van der Waals surface area contributed by atoms with E-state index in [2.05, 4.69) is 20.4 Å². The lowest BCUT2D eigenvalue weighted by molar-refractivity contribution is -0.155. The van der Waals surface area contributed by atoms with E-state index in [1.54, 1.807) is 12.1 Å². The van der Waals surface area contributed by atoms with Crippen molar-refractivity contribution in [1.82, 2.24) is 20.2 Å². The zero-order chi connectivity index (χ0) is 23.9. The molecule has 11 nitrogen and oxygen atoms in total. The summed E-state index contributed by atoms with van der Waals surface area (Å²) in [6.07, 6.45) is 2.27. The third kappa shape index (κ3) is 4.36. The van der Waals surface area contributed by atoms with E-state index < -0.39 is 35.6 Å². The number of nitrogen functional groups attached to an aromatic ring is 1. The van der Waals surface area contributed by atoms with Gasteiger partial charge in [-0.2, -0.15) is 0 Å². The second-order valence-corrected chi connectivity index (χ2v) is 10.1. The molecule has 2 aromatic heterocycles. The monoisotopic (exact) mass is 528 g/mol. The molecule has 4 heterocycles. The van der Waals surface area contributed by atoms with Crippen LogP contribution in [0.3, 0.4) is 0 Å². The fourth-order valence-corrected chi connectivity index (χ4v) is 5.84. The van der Waals surface area contributed by atoms with Crippen LogP contribution in [0.15, 0.2) is 39.0 Å². The highest BCUT2D eigenvalue weighted by molar-refractivity contribution is 8.03. The first-order valence-electron chi connectivity index (χ1n) is 9.25. The summed E-state index contributed by atoms with van der Waals surface area (Å²) in [6.45, 7) is 0. The first kappa shape index (κ1) is 23.3. The molecule has 15 heteroatoms. The van der Waals surface area contributed by atoms with Crippen LogP contribution in [0.25, 0.3) is 0 Å². The van der Waals surface area contributed by atoms with Gasteiger partial charge in [0.05, 0.1) is 6.04 Å². The number of carbonyl (C=O) groups excluding carboxylic acids is 2. The number of carboxylic acids is 1. The minimum Gasteiger partial charge on any atom is -0.477 e. The second-order valence-electron chi connectivity index (χ2n) is 6.88. The minimum atomic E-state index is -1.26. The predicted octanol–water partition coefficient (Wildman–Crippen LogP) is 2.18. The minimum absolute atomic E-state index is 0.0451. The topological polar surface area (TPSA) is 171 Å². The standard InChI is InChI=1S/C18H14Cl2N6O5S2/c19-9-5-6(3-4-22-9)32-8-2-1-7-10(16(28)26(7)13(8)17(29)30)23-15(27)12(25-31)11-14(20)33-18(21)24-11/h3-5,7,10,31H,1-2H2,(H2,21,24)(H,23,27)(H,29,30)/b25-12-/t7?,10-/m0/s1. The molecule has 0 aromatic carbocycles. The Balaban J connectivity index is 1.54. The molecule has 172 valence electrons. The lowest BCUT2D eigenvalue weighted by Crippen LogP contribution is -2.72. The molecule has 0 bridgehead atoms. The predicted molar refractivity (Wildman–Crippen MR) is 121 cm³/mol. The molecule has 4 rings (SSSR count). The summed E-state index contributed by atoms with van der Waals surface area (Å²) in [5, 5.41) is 24.8. The molecule has 0 spiro atoms. The van der Waals surface area contributed by atoms with E-state index in [-0.39, 0.29) is 26.0 Å². The van der Waals surface area contributed by atoms with Crippen LogP contribution in [0.1, 0.15) is 18.5 Å². The van der Waals surface area contributed by atoms with Crippen molar-refractivity contribution in [2.24, 2.45) is 5.16 Å². The van der Waals surface area contributed by atoms with Crippen molar-refractivity contribution in [3.63, 3.8) is 0 Å². The number of rotatable bonds is 6. The van der Waals surface area contributed by atoms with Gasteiger partial charge < -0.3 is 21.4 Å². The van der Waals surface area contributed by atoms with Crippen LogP contribution in [-0.2, 0) is 14.4 Å². The molecule has 0 aliphatic carbocycles. The van der Waals surface area contributed by atoms with E-state index in [4.69, 9.17) is 28.9 Å². The smallest absolute Gasteiger partial charge is 0.353 e. The van der Waals surface area contributed by atoms with E-state index in [9.17, 15) is 24.7 Å². The van der Waals surface area contributed by atoms with Crippen LogP contribution in [0.4, 0.5) is 5.13 Å². The first-order valence-corrected chi connectivity index (χ1v) is 11.6. The number of hydrogen-bond acceptors (Lipinski definition) is 10. The van der Waals surface area contributed by atoms with E-state index in [1.165, 1.54) is 18.0 Å². The van der Waals surface area contributed by atoms with Gasteiger partial charge in [0.15, 0.2) is 10.8 Å². The normalized spacial score (nSPS) is 20.4. The summed E-state index contributed by atoms with van der Waals surface area (Å²) < 4.78 is 0.0451. The number of nitrogens with zero attached hydrogens (tertiary/aromatic N) is 4. The quantitative estimate of drug-likeness (QED) is 0.144. The number of amides is 2. The number of β-lactam (4-membered cyclic amide) rings is 1. The number of hydrogen-bond donors (Lipinski definition) is 4. The summed E-state index contributed by atoms with van der Waals surface area (Å²) >= 11 is 14.0. The number of carboxylic acid groups (broad SMARTS) is 1. The molecular formula is C18H14Cl2N6O5S2. The molecule has 1 unspecified atom stereocenters. The third-order valence-corrected chi connectivity index (χ3v) is 7.39. The molecule has 33 heavy (non-hydrogen) atoms. The molecule has 0 saturated carbocycles. The molecule has 1 saturated heterocycles. The maximum atomic E-state index is 12.8. The van der Waals surface area contributed by atoms with Gasteiger partial charge in [0.1, 0.15) is 26.9 Å². The number of anilines is 1. The number of halogens is 2. The molecular weight excluding hydrogens is 515 g/mol. The van der Waals surface area contributed by atoms with Crippen molar-refractivity contribution < 1.29 is 24.7 Å². The van der Waals surface area contributed by atoms with Gasteiger partial charge in [-0.15, -0.1) is 0 Å². The van der Waals surface area contributed by atoms with Crippen LogP contribution in [-0.4, -0.2) is 60.8 Å². The summed E-state index contributed by atoms with van der Waals surface area (Å²) in [6, 6.07) is 1.70. The van der Waals surface area contributed by atoms with Crippen molar-refractivity contribution >= 4 is 74.9 Å². The highest BCUT2D eigenvalue weighted by Gasteiger charge is 2.53. The number of aromatic nitrogens is 2. The van der Waals surface area contributed by atoms with Crippen LogP contribution in [0, 0.1) is 0 Å². The number of thioether (sulfide) groups is 1. The number of allylic oxidation sites excluding steroid dienone is 1. The average Bonchev–Trinajstić information content (AvgIpc) is 3.09. The van der Waals surface area contributed by atoms with Gasteiger partial charge in [-0.05, 0) is 25.0 Å². The van der Waals surface area contributed by atoms with E-state index in [0.29, 0.717) is 22.6 Å². The highest BCUT2D eigenvalue weighted by Crippen LogP contribution is 2.43. The third-order valence-electron chi connectivity index (χ3n) is 4.96. The summed E-state index contributed by atoms with van der Waals surface area (Å²) in [5.41, 5.74) is 4.79. The van der Waals surface area contributed by atoms with Crippen molar-refractivity contribution in [3.8, 4) is 0 Å². The summed E-state index contributed by atoms with van der Waals surface area (Å²) in [5.74, 6) is -2.75. The van der Waals surface area contributed by atoms with Gasteiger partial charge >= 0.3 is 5.97 Å². The lowest BCUT2D eigenvalue weighted by Gasteiger charge is -2.50. The van der Waals surface area contributed by atoms with Gasteiger partial charge in [0.25, 0.3) is 11.8 Å². The fourth-order valence-electron chi connectivity index (χ4n) is 3.59. The molecule has 0 radical (unpaired) electrons. The molecule has 2 aliphatic rings. The molecule has 2 amide bonds. The second kappa shape index (κ2) is 9.17. The summed E-state index contributed by atoms with van der Waals surface area (Å²) in [4.78, 5) is 47.6. The van der Waals surface area contributed by atoms with Crippen LogP contribution in [0.5, 0.6) is 0 Å². The Hall–Kier alpha value is -2.87. The lowest BCUT2D eigenvalue weighted by atomic mass is 9.86. The number of nitrogens with one attached hydrogen (secondary N) is 1. The average molecular weight is 529 g/mol. The van der Waals surface area contributed by atoms with Gasteiger partial charge in [-0.1, -0.05) is 51.5 Å². The Morgan fingerprint density at radius 3 is 2.76 bits per heavy atom. The fraction of sp³-hybridized carbons (Fsp3) is 0.222. The number of oxime groups is 1. The van der Waals surface area contributed by atoms with Gasteiger partial charge in [0.2, 0.25) is 0 Å². The van der Waals surface area contributed by atoms with Gasteiger partial charge in [-0.3, -0.25) is 14.5 Å². The molecule has 2 aliphatic heterocycles. The van der Waals surface area contributed by atoms with Crippen LogP contribution in [0.2, 0.25) is 9.49 Å².